The van der Waals surface area contributed by atoms with Crippen LogP contribution in [0.4, 0.5) is 0 Å². The van der Waals surface area contributed by atoms with Gasteiger partial charge < -0.3 is 4.74 Å². The molecule has 0 spiro atoms. The van der Waals surface area contributed by atoms with Crippen molar-refractivity contribution < 1.29 is 17.3 Å². The third-order valence-corrected chi connectivity index (χ3v) is 2.84. The van der Waals surface area contributed by atoms with Crippen LogP contribution in [0.2, 0.25) is 0 Å². The highest BCUT2D eigenvalue weighted by atomic mass is 32.2. The monoisotopic (exact) mass is 227 g/mol. The van der Waals surface area contributed by atoms with Gasteiger partial charge in [-0.1, -0.05) is 6.08 Å². The van der Waals surface area contributed by atoms with Gasteiger partial charge in [0.15, 0.2) is 0 Å². The fourth-order valence-electron chi connectivity index (χ4n) is 0.910. The molecule has 0 bridgehead atoms. The SMILES string of the molecule is C=C[CH]OS(=O)(=O)c1ccc(OC)cc1. The van der Waals surface area contributed by atoms with Crippen molar-refractivity contribution in [2.24, 2.45) is 0 Å². The van der Waals surface area contributed by atoms with Gasteiger partial charge in [0.2, 0.25) is 0 Å². The molecule has 0 fully saturated rings. The van der Waals surface area contributed by atoms with Gasteiger partial charge in [0, 0.05) is 0 Å². The van der Waals surface area contributed by atoms with Crippen molar-refractivity contribution in [3.05, 3.63) is 43.5 Å². The van der Waals surface area contributed by atoms with Crippen molar-refractivity contribution in [1.29, 1.82) is 0 Å². The van der Waals surface area contributed by atoms with Crippen LogP contribution in [0.1, 0.15) is 0 Å². The molecule has 0 aliphatic heterocycles. The summed E-state index contributed by atoms with van der Waals surface area (Å²) in [7, 11) is -2.22. The lowest BCUT2D eigenvalue weighted by atomic mass is 10.3. The molecule has 0 aliphatic carbocycles. The Balaban J connectivity index is 2.90. The van der Waals surface area contributed by atoms with E-state index < -0.39 is 10.1 Å². The van der Waals surface area contributed by atoms with Crippen LogP contribution in [0, 0.1) is 6.61 Å². The summed E-state index contributed by atoms with van der Waals surface area (Å²) in [6.07, 6.45) is 1.25. The Hall–Kier alpha value is -1.33. The molecule has 0 heterocycles. The van der Waals surface area contributed by atoms with Crippen molar-refractivity contribution in [2.45, 2.75) is 4.90 Å². The normalized spacial score (nSPS) is 11.0. The van der Waals surface area contributed by atoms with Crippen LogP contribution in [0.3, 0.4) is 0 Å². The number of benzene rings is 1. The Labute approximate surface area is 89.3 Å². The van der Waals surface area contributed by atoms with E-state index in [0.29, 0.717) is 5.75 Å². The summed E-state index contributed by atoms with van der Waals surface area (Å²) >= 11 is 0. The van der Waals surface area contributed by atoms with Crippen molar-refractivity contribution in [3.63, 3.8) is 0 Å². The zero-order chi connectivity index (χ0) is 11.3. The van der Waals surface area contributed by atoms with Gasteiger partial charge in [0.05, 0.1) is 12.0 Å². The van der Waals surface area contributed by atoms with Gasteiger partial charge in [-0.25, -0.2) is 0 Å². The van der Waals surface area contributed by atoms with E-state index in [1.54, 1.807) is 12.1 Å². The first-order valence-electron chi connectivity index (χ1n) is 4.12. The van der Waals surface area contributed by atoms with E-state index in [1.165, 1.54) is 25.3 Å². The standard InChI is InChI=1S/C10H11O4S/c1-3-8-14-15(11,12)10-6-4-9(13-2)5-7-10/h3-8H,1H2,2H3. The second-order valence-corrected chi connectivity index (χ2v) is 4.17. The molecule has 5 heteroatoms. The van der Waals surface area contributed by atoms with E-state index in [2.05, 4.69) is 10.8 Å². The Kier molecular flexibility index (Phi) is 3.88. The van der Waals surface area contributed by atoms with Crippen LogP contribution < -0.4 is 4.74 Å². The molecule has 4 nitrogen and oxygen atoms in total. The van der Waals surface area contributed by atoms with Crippen molar-refractivity contribution >= 4 is 10.1 Å². The molecule has 0 aromatic heterocycles. The molecule has 0 atom stereocenters. The summed E-state index contributed by atoms with van der Waals surface area (Å²) in [4.78, 5) is 0.0707. The Bertz CT molecular complexity index is 419. The van der Waals surface area contributed by atoms with E-state index in [0.717, 1.165) is 6.61 Å². The molecule has 15 heavy (non-hydrogen) atoms. The molecule has 0 saturated heterocycles. The first-order chi connectivity index (χ1) is 7.10. The smallest absolute Gasteiger partial charge is 0.297 e. The summed E-state index contributed by atoms with van der Waals surface area (Å²) < 4.78 is 32.3. The van der Waals surface area contributed by atoms with Crippen molar-refractivity contribution in [2.75, 3.05) is 7.11 Å². The second kappa shape index (κ2) is 4.95. The predicted octanol–water partition coefficient (Wildman–Crippen LogP) is 1.75. The highest BCUT2D eigenvalue weighted by molar-refractivity contribution is 7.86. The van der Waals surface area contributed by atoms with Gasteiger partial charge in [-0.3, -0.25) is 4.18 Å². The molecular weight excluding hydrogens is 216 g/mol. The van der Waals surface area contributed by atoms with Gasteiger partial charge in [0.25, 0.3) is 10.1 Å². The summed E-state index contributed by atoms with van der Waals surface area (Å²) in [5, 5.41) is 0. The third-order valence-electron chi connectivity index (χ3n) is 1.63. The molecule has 1 aromatic carbocycles. The predicted molar refractivity (Wildman–Crippen MR) is 55.8 cm³/mol. The number of methoxy groups -OCH3 is 1. The van der Waals surface area contributed by atoms with Crippen LogP contribution in [-0.2, 0) is 14.3 Å². The van der Waals surface area contributed by atoms with E-state index in [9.17, 15) is 8.42 Å². The molecule has 1 radical (unpaired) electrons. The zero-order valence-electron chi connectivity index (χ0n) is 8.21. The minimum atomic E-state index is -3.73. The zero-order valence-corrected chi connectivity index (χ0v) is 9.03. The minimum Gasteiger partial charge on any atom is -0.497 e. The fourth-order valence-corrected chi connectivity index (χ4v) is 1.72. The molecule has 0 aliphatic rings. The number of hydrogen-bond donors (Lipinski definition) is 0. The maximum absolute atomic E-state index is 11.4. The minimum absolute atomic E-state index is 0.0707. The van der Waals surface area contributed by atoms with E-state index >= 15 is 0 Å². The maximum atomic E-state index is 11.4. The van der Waals surface area contributed by atoms with E-state index in [-0.39, 0.29) is 4.90 Å². The molecule has 0 N–H and O–H groups in total. The lowest BCUT2D eigenvalue weighted by molar-refractivity contribution is 0.409. The quantitative estimate of drug-likeness (QED) is 0.719. The number of rotatable bonds is 5. The van der Waals surface area contributed by atoms with Gasteiger partial charge in [0.1, 0.15) is 12.4 Å². The van der Waals surface area contributed by atoms with Crippen LogP contribution in [0.25, 0.3) is 0 Å². The highest BCUT2D eigenvalue weighted by Crippen LogP contribution is 2.17. The lowest BCUT2D eigenvalue weighted by Gasteiger charge is -2.04. The van der Waals surface area contributed by atoms with Gasteiger partial charge in [-0.2, -0.15) is 8.42 Å². The maximum Gasteiger partial charge on any atom is 0.297 e. The fraction of sp³-hybridized carbons (Fsp3) is 0.100. The lowest BCUT2D eigenvalue weighted by Crippen LogP contribution is -2.03. The number of hydrogen-bond acceptors (Lipinski definition) is 4. The molecule has 0 amide bonds. The summed E-state index contributed by atoms with van der Waals surface area (Å²) in [5.74, 6) is 0.585. The largest absolute Gasteiger partial charge is 0.497 e. The van der Waals surface area contributed by atoms with Gasteiger partial charge in [-0.05, 0) is 24.3 Å². The summed E-state index contributed by atoms with van der Waals surface area (Å²) in [6, 6.07) is 5.91. The first kappa shape index (κ1) is 11.7. The molecule has 81 valence electrons. The number of ether oxygens (including phenoxy) is 1. The van der Waals surface area contributed by atoms with Crippen molar-refractivity contribution in [1.82, 2.24) is 0 Å². The molecule has 1 rings (SSSR count). The molecule has 0 unspecified atom stereocenters. The summed E-state index contributed by atoms with van der Waals surface area (Å²) in [6.45, 7) is 4.33. The average Bonchev–Trinajstić information content (AvgIpc) is 2.26. The summed E-state index contributed by atoms with van der Waals surface area (Å²) in [5.41, 5.74) is 0. The van der Waals surface area contributed by atoms with Crippen LogP contribution in [-0.4, -0.2) is 15.5 Å². The third kappa shape index (κ3) is 3.07. The highest BCUT2D eigenvalue weighted by Gasteiger charge is 2.14. The average molecular weight is 227 g/mol. The van der Waals surface area contributed by atoms with E-state index in [1.807, 2.05) is 0 Å². The van der Waals surface area contributed by atoms with Gasteiger partial charge in [-0.15, -0.1) is 6.58 Å². The van der Waals surface area contributed by atoms with Gasteiger partial charge >= 0.3 is 0 Å². The Morgan fingerprint density at radius 3 is 2.33 bits per heavy atom. The first-order valence-corrected chi connectivity index (χ1v) is 5.52. The van der Waals surface area contributed by atoms with Crippen molar-refractivity contribution in [3.8, 4) is 5.75 Å². The van der Waals surface area contributed by atoms with E-state index in [4.69, 9.17) is 4.74 Å². The molecule has 0 saturated carbocycles. The van der Waals surface area contributed by atoms with Crippen LogP contribution >= 0.6 is 0 Å². The Morgan fingerprint density at radius 2 is 1.87 bits per heavy atom. The molecular formula is C10H11O4S. The second-order valence-electron chi connectivity index (χ2n) is 2.60. The Morgan fingerprint density at radius 1 is 1.27 bits per heavy atom. The van der Waals surface area contributed by atoms with Crippen LogP contribution in [0.5, 0.6) is 5.75 Å². The topological polar surface area (TPSA) is 52.6 Å². The van der Waals surface area contributed by atoms with Crippen LogP contribution in [0.15, 0.2) is 41.8 Å². The molecule has 1 aromatic rings.